The molecule has 0 spiro atoms. The maximum Gasteiger partial charge on any atom is 0.164 e. The second kappa shape index (κ2) is 13.0. The molecule has 0 atom stereocenters. The number of aromatic nitrogens is 4. The van der Waals surface area contributed by atoms with E-state index >= 15 is 0 Å². The summed E-state index contributed by atoms with van der Waals surface area (Å²) in [5.74, 6) is 1.67. The van der Waals surface area contributed by atoms with E-state index in [1.54, 1.807) is 4.57 Å². The summed E-state index contributed by atoms with van der Waals surface area (Å²) in [5.41, 5.74) is 8.47. The van der Waals surface area contributed by atoms with E-state index in [2.05, 4.69) is 6.07 Å². The second-order valence-electron chi connectivity index (χ2n) is 13.5. The van der Waals surface area contributed by atoms with E-state index in [4.69, 9.17) is 27.6 Å². The van der Waals surface area contributed by atoms with Crippen LogP contribution in [-0.4, -0.2) is 19.5 Å². The third kappa shape index (κ3) is 5.29. The fourth-order valence-electron chi connectivity index (χ4n) is 7.62. The molecule has 56 heavy (non-hydrogen) atoms. The average molecular weight is 723 g/mol. The van der Waals surface area contributed by atoms with Crippen LogP contribution in [0.3, 0.4) is 0 Å². The van der Waals surface area contributed by atoms with Crippen molar-refractivity contribution in [2.75, 3.05) is 0 Å². The fraction of sp³-hybridized carbons (Fsp3) is 0. The van der Waals surface area contributed by atoms with Gasteiger partial charge in [0, 0.05) is 49.5 Å². The van der Waals surface area contributed by atoms with Gasteiger partial charge in [-0.3, -0.25) is 0 Å². The third-order valence-corrected chi connectivity index (χ3v) is 10.2. The molecule has 5 heteroatoms. The second-order valence-corrected chi connectivity index (χ2v) is 13.5. The van der Waals surface area contributed by atoms with Crippen molar-refractivity contribution >= 4 is 43.7 Å². The van der Waals surface area contributed by atoms with E-state index in [1.165, 1.54) is 12.1 Å². The molecule has 0 saturated heterocycles. The van der Waals surface area contributed by atoms with Crippen molar-refractivity contribution in [3.8, 4) is 62.1 Å². The van der Waals surface area contributed by atoms with Gasteiger partial charge in [-0.25, -0.2) is 15.0 Å². The highest BCUT2D eigenvalue weighted by atomic mass is 16.3. The maximum absolute atomic E-state index is 9.07. The smallest absolute Gasteiger partial charge is 0.164 e. The Balaban J connectivity index is 1.14. The monoisotopic (exact) mass is 722 g/mol. The van der Waals surface area contributed by atoms with Gasteiger partial charge in [0.2, 0.25) is 0 Å². The van der Waals surface area contributed by atoms with Crippen molar-refractivity contribution in [3.05, 3.63) is 194 Å². The molecule has 11 aromatic rings. The summed E-state index contributed by atoms with van der Waals surface area (Å²) in [7, 11) is 0. The van der Waals surface area contributed by atoms with Crippen LogP contribution in [0, 0.1) is 0 Å². The first-order valence-corrected chi connectivity index (χ1v) is 18.3. The zero-order chi connectivity index (χ0) is 42.2. The topological polar surface area (TPSA) is 56.7 Å². The van der Waals surface area contributed by atoms with Crippen LogP contribution in [0.2, 0.25) is 0 Å². The predicted molar refractivity (Wildman–Crippen MR) is 229 cm³/mol. The Morgan fingerprint density at radius 3 is 1.59 bits per heavy atom. The zero-order valence-corrected chi connectivity index (χ0v) is 29.7. The number of furan rings is 1. The Kier molecular flexibility index (Phi) is 6.10. The first-order chi connectivity index (χ1) is 30.2. The lowest BCUT2D eigenvalue weighted by Gasteiger charge is -2.12. The van der Waals surface area contributed by atoms with E-state index in [-0.39, 0.29) is 47.0 Å². The van der Waals surface area contributed by atoms with Crippen LogP contribution < -0.4 is 0 Å². The minimum Gasteiger partial charge on any atom is -0.455 e. The van der Waals surface area contributed by atoms with Gasteiger partial charge in [-0.05, 0) is 53.0 Å². The highest BCUT2D eigenvalue weighted by Gasteiger charge is 2.20. The molecule has 0 bridgehead atoms. The van der Waals surface area contributed by atoms with Crippen molar-refractivity contribution in [1.82, 2.24) is 19.5 Å². The molecule has 262 valence electrons. The normalized spacial score (nSPS) is 13.1. The summed E-state index contributed by atoms with van der Waals surface area (Å²) < 4.78 is 61.5. The molecule has 11 rings (SSSR count). The Morgan fingerprint density at radius 1 is 0.411 bits per heavy atom. The molecule has 0 amide bonds. The molecule has 8 aromatic carbocycles. The molecular formula is C51H32N4O. The van der Waals surface area contributed by atoms with Crippen LogP contribution in [0.1, 0.15) is 8.22 Å². The first kappa shape index (κ1) is 26.2. The number of rotatable bonds is 6. The number of para-hydroxylation sites is 2. The van der Waals surface area contributed by atoms with Gasteiger partial charge in [-0.2, -0.15) is 0 Å². The molecule has 0 radical (unpaired) electrons. The fourth-order valence-corrected chi connectivity index (χ4v) is 7.62. The van der Waals surface area contributed by atoms with Crippen LogP contribution in [0.5, 0.6) is 0 Å². The van der Waals surface area contributed by atoms with Gasteiger partial charge in [0.05, 0.1) is 19.3 Å². The van der Waals surface area contributed by atoms with Crippen LogP contribution >= 0.6 is 0 Å². The Bertz CT molecular complexity index is 3460. The lowest BCUT2D eigenvalue weighted by atomic mass is 9.97. The van der Waals surface area contributed by atoms with E-state index in [9.17, 15) is 0 Å². The van der Waals surface area contributed by atoms with Crippen LogP contribution in [0.25, 0.3) is 106 Å². The van der Waals surface area contributed by atoms with Crippen LogP contribution in [0.15, 0.2) is 198 Å². The molecule has 5 nitrogen and oxygen atoms in total. The summed E-state index contributed by atoms with van der Waals surface area (Å²) in [4.78, 5) is 14.9. The molecule has 3 aromatic heterocycles. The van der Waals surface area contributed by atoms with Gasteiger partial charge in [0.25, 0.3) is 0 Å². The summed E-state index contributed by atoms with van der Waals surface area (Å²) >= 11 is 0. The standard InChI is InChI=1S/C51H32N4O/c1-4-16-33(17-5-1)43-31-37(55-45-26-14-12-23-39(45)40-24-13-15-27-46(40)55)32-44-41-29-28-36(30-47(41)56-48(43)44)38-22-10-11-25-42(38)51-53-49(34-18-6-2-7-19-34)52-50(54-51)35-20-8-3-9-21-35/h1-32H/i12D,13D,23D,24D,26D,27D. The van der Waals surface area contributed by atoms with Crippen molar-refractivity contribution in [1.29, 1.82) is 0 Å². The maximum atomic E-state index is 9.07. The lowest BCUT2D eigenvalue weighted by Crippen LogP contribution is -2.01. The number of benzene rings is 8. The minimum absolute atomic E-state index is 0.0193. The number of fused-ring (bicyclic) bond motifs is 6. The van der Waals surface area contributed by atoms with Crippen molar-refractivity contribution in [2.45, 2.75) is 0 Å². The van der Waals surface area contributed by atoms with Crippen LogP contribution in [-0.2, 0) is 0 Å². The van der Waals surface area contributed by atoms with Gasteiger partial charge in [-0.1, -0.05) is 158 Å². The number of hydrogen-bond donors (Lipinski definition) is 0. The molecule has 0 aliphatic heterocycles. The predicted octanol–water partition coefficient (Wildman–Crippen LogP) is 13.2. The number of nitrogens with zero attached hydrogens (tertiary/aromatic N) is 4. The summed E-state index contributed by atoms with van der Waals surface area (Å²) in [6.45, 7) is 0. The van der Waals surface area contributed by atoms with Crippen molar-refractivity contribution in [2.24, 2.45) is 0 Å². The first-order valence-electron chi connectivity index (χ1n) is 21.3. The molecule has 0 N–H and O–H groups in total. The van der Waals surface area contributed by atoms with Crippen molar-refractivity contribution < 1.29 is 12.6 Å². The quantitative estimate of drug-likeness (QED) is 0.171. The molecule has 0 unspecified atom stereocenters. The SMILES string of the molecule is [2H]c1cc([2H])c2c(c1[2H])c1c([2H])c([2H])cc([2H])c1n2-c1cc(-c2ccccc2)c2oc3cc(-c4ccccc4-c4nc(-c5ccccc5)nc(-c5ccccc5)n4)ccc3c2c1. The van der Waals surface area contributed by atoms with E-state index in [1.807, 2.05) is 140 Å². The van der Waals surface area contributed by atoms with Gasteiger partial charge in [0.1, 0.15) is 11.2 Å². The van der Waals surface area contributed by atoms with Crippen molar-refractivity contribution in [3.63, 3.8) is 0 Å². The van der Waals surface area contributed by atoms with E-state index in [0.29, 0.717) is 45.4 Å². The van der Waals surface area contributed by atoms with Gasteiger partial charge in [-0.15, -0.1) is 0 Å². The van der Waals surface area contributed by atoms with Gasteiger partial charge >= 0.3 is 0 Å². The Morgan fingerprint density at radius 2 is 0.964 bits per heavy atom. The van der Waals surface area contributed by atoms with Gasteiger partial charge in [0.15, 0.2) is 17.5 Å². The molecular weight excluding hydrogens is 685 g/mol. The molecule has 0 fully saturated rings. The highest BCUT2D eigenvalue weighted by molar-refractivity contribution is 6.13. The summed E-state index contributed by atoms with van der Waals surface area (Å²) in [6, 6.07) is 49.6. The van der Waals surface area contributed by atoms with E-state index < -0.39 is 0 Å². The Hall–Kier alpha value is -7.63. The summed E-state index contributed by atoms with van der Waals surface area (Å²) in [6.07, 6.45) is 0. The zero-order valence-electron chi connectivity index (χ0n) is 35.7. The number of hydrogen-bond acceptors (Lipinski definition) is 4. The molecule has 0 aliphatic carbocycles. The molecule has 3 heterocycles. The minimum atomic E-state index is -0.162. The average Bonchev–Trinajstić information content (AvgIpc) is 3.88. The third-order valence-electron chi connectivity index (χ3n) is 10.2. The van der Waals surface area contributed by atoms with Crippen LogP contribution in [0.4, 0.5) is 0 Å². The molecule has 0 saturated carbocycles. The van der Waals surface area contributed by atoms with Gasteiger partial charge < -0.3 is 8.98 Å². The largest absolute Gasteiger partial charge is 0.455 e. The Labute approximate surface area is 331 Å². The molecule has 0 aliphatic rings. The van der Waals surface area contributed by atoms with E-state index in [0.717, 1.165) is 49.7 Å². The highest BCUT2D eigenvalue weighted by Crippen LogP contribution is 2.42. The lowest BCUT2D eigenvalue weighted by molar-refractivity contribution is 0.670. The summed E-state index contributed by atoms with van der Waals surface area (Å²) in [5, 5.41) is 2.03.